The number of carbonyl (C=O) groups is 1. The lowest BCUT2D eigenvalue weighted by molar-refractivity contribution is -0.148. The van der Waals surface area contributed by atoms with Gasteiger partial charge in [0.2, 0.25) is 0 Å². The van der Waals surface area contributed by atoms with Gasteiger partial charge in [0.05, 0.1) is 25.3 Å². The van der Waals surface area contributed by atoms with E-state index in [1.165, 1.54) is 0 Å². The van der Waals surface area contributed by atoms with Gasteiger partial charge in [-0.1, -0.05) is 13.0 Å². The number of nitrogens with two attached hydrogens (primary N) is 1. The normalized spacial score (nSPS) is 11.9. The van der Waals surface area contributed by atoms with Crippen LogP contribution in [-0.2, 0) is 16.0 Å². The maximum absolute atomic E-state index is 11.7. The minimum absolute atomic E-state index is 0.113. The Labute approximate surface area is 108 Å². The second-order valence-electron chi connectivity index (χ2n) is 4.14. The van der Waals surface area contributed by atoms with Crippen LogP contribution in [0.15, 0.2) is 18.2 Å². The zero-order valence-corrected chi connectivity index (χ0v) is 11.2. The predicted octanol–water partition coefficient (Wildman–Crippen LogP) is 2.41. The van der Waals surface area contributed by atoms with Crippen molar-refractivity contribution in [2.45, 2.75) is 26.7 Å². The summed E-state index contributed by atoms with van der Waals surface area (Å²) in [6, 6.07) is 5.60. The summed E-state index contributed by atoms with van der Waals surface area (Å²) in [4.78, 5) is 11.7. The summed E-state index contributed by atoms with van der Waals surface area (Å²) in [6.45, 7) is 4.21. The molecule has 2 N–H and O–H groups in total. The first-order valence-corrected chi connectivity index (χ1v) is 6.21. The Balaban J connectivity index is 2.76. The van der Waals surface area contributed by atoms with E-state index in [9.17, 15) is 4.79 Å². The molecule has 0 saturated heterocycles. The van der Waals surface area contributed by atoms with E-state index >= 15 is 0 Å². The van der Waals surface area contributed by atoms with E-state index in [0.717, 1.165) is 12.0 Å². The summed E-state index contributed by atoms with van der Waals surface area (Å²) < 4.78 is 10.1. The zero-order valence-electron chi connectivity index (χ0n) is 11.2. The Hall–Kier alpha value is -1.71. The monoisotopic (exact) mass is 251 g/mol. The highest BCUT2D eigenvalue weighted by Gasteiger charge is 2.18. The summed E-state index contributed by atoms with van der Waals surface area (Å²) in [7, 11) is 1.58. The van der Waals surface area contributed by atoms with Crippen LogP contribution >= 0.6 is 0 Å². The van der Waals surface area contributed by atoms with Crippen LogP contribution in [0.25, 0.3) is 0 Å². The van der Waals surface area contributed by atoms with Crippen LogP contribution in [-0.4, -0.2) is 19.7 Å². The Morgan fingerprint density at radius 2 is 2.11 bits per heavy atom. The molecule has 0 aliphatic heterocycles. The van der Waals surface area contributed by atoms with E-state index in [1.54, 1.807) is 7.11 Å². The molecule has 4 heteroatoms. The van der Waals surface area contributed by atoms with Crippen molar-refractivity contribution < 1.29 is 14.3 Å². The maximum Gasteiger partial charge on any atom is 0.309 e. The summed E-state index contributed by atoms with van der Waals surface area (Å²) in [5, 5.41) is 0. The molecule has 0 aliphatic rings. The molecule has 0 aromatic heterocycles. The molecule has 18 heavy (non-hydrogen) atoms. The predicted molar refractivity (Wildman–Crippen MR) is 71.5 cm³/mol. The second-order valence-corrected chi connectivity index (χ2v) is 4.14. The van der Waals surface area contributed by atoms with E-state index in [1.807, 2.05) is 32.0 Å². The van der Waals surface area contributed by atoms with Crippen molar-refractivity contribution in [1.82, 2.24) is 0 Å². The number of rotatable bonds is 6. The van der Waals surface area contributed by atoms with Gasteiger partial charge < -0.3 is 15.2 Å². The van der Waals surface area contributed by atoms with Crippen LogP contribution in [0.5, 0.6) is 5.75 Å². The van der Waals surface area contributed by atoms with Gasteiger partial charge in [0.25, 0.3) is 0 Å². The highest BCUT2D eigenvalue weighted by Crippen LogP contribution is 2.24. The van der Waals surface area contributed by atoms with Crippen LogP contribution in [0.2, 0.25) is 0 Å². The summed E-state index contributed by atoms with van der Waals surface area (Å²) in [5.41, 5.74) is 7.46. The number of esters is 1. The average molecular weight is 251 g/mol. The number of methoxy groups -OCH3 is 1. The minimum Gasteiger partial charge on any atom is -0.495 e. The molecule has 1 atom stereocenters. The lowest BCUT2D eigenvalue weighted by Gasteiger charge is -2.14. The lowest BCUT2D eigenvalue weighted by atomic mass is 9.96. The number of hydrogen-bond donors (Lipinski definition) is 1. The molecule has 0 unspecified atom stereocenters. The smallest absolute Gasteiger partial charge is 0.309 e. The Kier molecular flexibility index (Phi) is 5.49. The van der Waals surface area contributed by atoms with Gasteiger partial charge in [0, 0.05) is 0 Å². The van der Waals surface area contributed by atoms with Crippen LogP contribution < -0.4 is 10.5 Å². The minimum atomic E-state index is -0.144. The highest BCUT2D eigenvalue weighted by molar-refractivity contribution is 5.72. The summed E-state index contributed by atoms with van der Waals surface area (Å²) >= 11 is 0. The number of ether oxygens (including phenoxy) is 2. The molecule has 0 spiro atoms. The van der Waals surface area contributed by atoms with Crippen LogP contribution in [0.1, 0.15) is 25.8 Å². The molecule has 0 fully saturated rings. The maximum atomic E-state index is 11.7. The van der Waals surface area contributed by atoms with Gasteiger partial charge in [-0.15, -0.1) is 0 Å². The van der Waals surface area contributed by atoms with Crippen molar-refractivity contribution in [2.24, 2.45) is 5.92 Å². The molecule has 1 aromatic rings. The van der Waals surface area contributed by atoms with Crippen molar-refractivity contribution in [3.05, 3.63) is 23.8 Å². The summed E-state index contributed by atoms with van der Waals surface area (Å²) in [5.74, 6) is 0.398. The second kappa shape index (κ2) is 6.89. The van der Waals surface area contributed by atoms with Gasteiger partial charge in [-0.25, -0.2) is 0 Å². The largest absolute Gasteiger partial charge is 0.495 e. The third-order valence-corrected chi connectivity index (χ3v) is 2.89. The first-order chi connectivity index (χ1) is 8.62. The average Bonchev–Trinajstić information content (AvgIpc) is 2.36. The van der Waals surface area contributed by atoms with E-state index in [4.69, 9.17) is 15.2 Å². The van der Waals surface area contributed by atoms with Gasteiger partial charge in [0.15, 0.2) is 0 Å². The van der Waals surface area contributed by atoms with Crippen LogP contribution in [0, 0.1) is 5.92 Å². The van der Waals surface area contributed by atoms with Gasteiger partial charge in [-0.2, -0.15) is 0 Å². The van der Waals surface area contributed by atoms with Gasteiger partial charge in [-0.05, 0) is 37.5 Å². The first kappa shape index (κ1) is 14.4. The van der Waals surface area contributed by atoms with Crippen molar-refractivity contribution in [3.63, 3.8) is 0 Å². The fraction of sp³-hybridized carbons (Fsp3) is 0.500. The Bertz CT molecular complexity index is 404. The van der Waals surface area contributed by atoms with Gasteiger partial charge >= 0.3 is 5.97 Å². The van der Waals surface area contributed by atoms with E-state index in [-0.39, 0.29) is 11.9 Å². The lowest BCUT2D eigenvalue weighted by Crippen LogP contribution is -2.19. The Morgan fingerprint density at radius 3 is 2.61 bits per heavy atom. The van der Waals surface area contributed by atoms with Crippen LogP contribution in [0.4, 0.5) is 5.69 Å². The number of nitrogen functional groups attached to an aromatic ring is 1. The molecular weight excluding hydrogens is 230 g/mol. The third-order valence-electron chi connectivity index (χ3n) is 2.89. The van der Waals surface area contributed by atoms with Crippen molar-refractivity contribution in [1.29, 1.82) is 0 Å². The SMILES string of the molecule is CCOC(=O)[C@@H](CC)Cc1ccc(OC)c(N)c1. The topological polar surface area (TPSA) is 61.5 Å². The molecular formula is C14H21NO3. The molecule has 1 rings (SSSR count). The fourth-order valence-corrected chi connectivity index (χ4v) is 1.85. The molecule has 1 aromatic carbocycles. The first-order valence-electron chi connectivity index (χ1n) is 6.21. The van der Waals surface area contributed by atoms with Crippen molar-refractivity contribution in [3.8, 4) is 5.75 Å². The third kappa shape index (κ3) is 3.65. The van der Waals surface area contributed by atoms with Gasteiger partial charge in [0.1, 0.15) is 5.75 Å². The molecule has 0 aliphatic carbocycles. The number of hydrogen-bond acceptors (Lipinski definition) is 4. The number of benzene rings is 1. The molecule has 0 amide bonds. The van der Waals surface area contributed by atoms with Gasteiger partial charge in [-0.3, -0.25) is 4.79 Å². The molecule has 0 heterocycles. The van der Waals surface area contributed by atoms with Crippen LogP contribution in [0.3, 0.4) is 0 Å². The highest BCUT2D eigenvalue weighted by atomic mass is 16.5. The Morgan fingerprint density at radius 1 is 1.39 bits per heavy atom. The standard InChI is InChI=1S/C14H21NO3/c1-4-11(14(16)18-5-2)8-10-6-7-13(17-3)12(15)9-10/h6-7,9,11H,4-5,8,15H2,1-3H3/t11-/m0/s1. The van der Waals surface area contributed by atoms with Crippen molar-refractivity contribution in [2.75, 3.05) is 19.5 Å². The molecule has 4 nitrogen and oxygen atoms in total. The van der Waals surface area contributed by atoms with E-state index in [0.29, 0.717) is 24.5 Å². The summed E-state index contributed by atoms with van der Waals surface area (Å²) in [6.07, 6.45) is 1.40. The van der Waals surface area contributed by atoms with Crippen molar-refractivity contribution >= 4 is 11.7 Å². The van der Waals surface area contributed by atoms with E-state index < -0.39 is 0 Å². The quantitative estimate of drug-likeness (QED) is 0.623. The van der Waals surface area contributed by atoms with E-state index in [2.05, 4.69) is 0 Å². The zero-order chi connectivity index (χ0) is 13.5. The molecule has 0 bridgehead atoms. The molecule has 100 valence electrons. The number of anilines is 1. The molecule has 0 radical (unpaired) electrons. The fourth-order valence-electron chi connectivity index (χ4n) is 1.85. The molecule has 0 saturated carbocycles. The number of carbonyl (C=O) groups excluding carboxylic acids is 1.